The van der Waals surface area contributed by atoms with E-state index in [0.29, 0.717) is 0 Å². The normalized spacial score (nSPS) is 10.9. The van der Waals surface area contributed by atoms with Gasteiger partial charge >= 0.3 is 0 Å². The van der Waals surface area contributed by atoms with Crippen molar-refractivity contribution in [3.05, 3.63) is 34.1 Å². The molecule has 86 valence electrons. The van der Waals surface area contributed by atoms with Gasteiger partial charge in [-0.3, -0.25) is 0 Å². The van der Waals surface area contributed by atoms with Crippen molar-refractivity contribution < 1.29 is 4.74 Å². The van der Waals surface area contributed by atoms with Crippen LogP contribution in [0.2, 0.25) is 0 Å². The smallest absolute Gasteiger partial charge is 0.148 e. The monoisotopic (exact) mass is 308 g/mol. The lowest BCUT2D eigenvalue weighted by atomic mass is 10.3. The van der Waals surface area contributed by atoms with E-state index in [9.17, 15) is 0 Å². The fourth-order valence-corrected chi connectivity index (χ4v) is 3.00. The van der Waals surface area contributed by atoms with Crippen molar-refractivity contribution in [3.63, 3.8) is 0 Å². The molecule has 3 nitrogen and oxygen atoms in total. The second-order valence-electron chi connectivity index (χ2n) is 3.57. The van der Waals surface area contributed by atoms with Gasteiger partial charge in [-0.1, -0.05) is 0 Å². The Morgan fingerprint density at radius 1 is 1.29 bits per heavy atom. The molecule has 0 aliphatic rings. The molecule has 17 heavy (non-hydrogen) atoms. The van der Waals surface area contributed by atoms with E-state index in [0.717, 1.165) is 31.3 Å². The van der Waals surface area contributed by atoms with Crippen molar-refractivity contribution in [2.75, 3.05) is 7.11 Å². The minimum absolute atomic E-state index is 0.833. The summed E-state index contributed by atoms with van der Waals surface area (Å²) in [6, 6.07) is 9.89. The molecule has 0 radical (unpaired) electrons. The Morgan fingerprint density at radius 3 is 2.88 bits per heavy atom. The molecule has 1 aromatic carbocycles. The zero-order chi connectivity index (χ0) is 11.8. The zero-order valence-electron chi connectivity index (χ0n) is 9.03. The summed E-state index contributed by atoms with van der Waals surface area (Å²) in [5.41, 5.74) is 1.94. The van der Waals surface area contributed by atoms with Crippen molar-refractivity contribution in [1.82, 2.24) is 9.97 Å². The van der Waals surface area contributed by atoms with E-state index in [-0.39, 0.29) is 0 Å². The van der Waals surface area contributed by atoms with E-state index in [4.69, 9.17) is 4.74 Å². The molecule has 0 saturated heterocycles. The molecule has 3 rings (SSSR count). The number of rotatable bonds is 2. The van der Waals surface area contributed by atoms with Crippen LogP contribution in [0.15, 0.2) is 34.1 Å². The highest BCUT2D eigenvalue weighted by atomic mass is 79.9. The first-order chi connectivity index (χ1) is 8.26. The summed E-state index contributed by atoms with van der Waals surface area (Å²) in [6.07, 6.45) is 0. The number of nitrogens with one attached hydrogen (secondary N) is 1. The summed E-state index contributed by atoms with van der Waals surface area (Å²) in [4.78, 5) is 8.97. The number of ether oxygens (including phenoxy) is 1. The van der Waals surface area contributed by atoms with Gasteiger partial charge < -0.3 is 9.72 Å². The Bertz CT molecular complexity index is 674. The molecular formula is C12H9BrN2OS. The number of fused-ring (bicyclic) bond motifs is 1. The molecular weight excluding hydrogens is 300 g/mol. The zero-order valence-corrected chi connectivity index (χ0v) is 11.4. The van der Waals surface area contributed by atoms with Gasteiger partial charge in [-0.05, 0) is 40.2 Å². The summed E-state index contributed by atoms with van der Waals surface area (Å²) in [5, 5.41) is 0. The third kappa shape index (κ3) is 1.96. The van der Waals surface area contributed by atoms with Gasteiger partial charge in [0.05, 0.1) is 26.8 Å². The maximum atomic E-state index is 5.19. The Morgan fingerprint density at radius 2 is 2.18 bits per heavy atom. The number of hydrogen-bond acceptors (Lipinski definition) is 3. The third-order valence-corrected chi connectivity index (χ3v) is 4.13. The van der Waals surface area contributed by atoms with E-state index in [1.165, 1.54) is 0 Å². The molecule has 0 spiro atoms. The van der Waals surface area contributed by atoms with Gasteiger partial charge in [-0.2, -0.15) is 0 Å². The highest BCUT2D eigenvalue weighted by Gasteiger charge is 2.08. The average molecular weight is 309 g/mol. The lowest BCUT2D eigenvalue weighted by Gasteiger charge is -1.96. The topological polar surface area (TPSA) is 37.9 Å². The SMILES string of the molecule is COc1ccc2nc(-c3ccc(Br)s3)[nH]c2c1. The summed E-state index contributed by atoms with van der Waals surface area (Å²) in [5.74, 6) is 1.73. The third-order valence-electron chi connectivity index (χ3n) is 2.50. The van der Waals surface area contributed by atoms with E-state index >= 15 is 0 Å². The quantitative estimate of drug-likeness (QED) is 0.775. The fourth-order valence-electron chi connectivity index (χ4n) is 1.67. The van der Waals surface area contributed by atoms with Gasteiger partial charge in [0.15, 0.2) is 0 Å². The molecule has 0 aliphatic carbocycles. The number of thiophene rings is 1. The van der Waals surface area contributed by atoms with Crippen LogP contribution < -0.4 is 4.74 Å². The standard InChI is InChI=1S/C12H9BrN2OS/c1-16-7-2-3-8-9(6-7)15-12(14-8)10-4-5-11(13)17-10/h2-6H,1H3,(H,14,15). The summed E-state index contributed by atoms with van der Waals surface area (Å²) >= 11 is 5.11. The minimum Gasteiger partial charge on any atom is -0.497 e. The highest BCUT2D eigenvalue weighted by Crippen LogP contribution is 2.31. The maximum absolute atomic E-state index is 5.19. The first kappa shape index (κ1) is 10.8. The van der Waals surface area contributed by atoms with E-state index in [1.54, 1.807) is 18.4 Å². The highest BCUT2D eigenvalue weighted by molar-refractivity contribution is 9.11. The van der Waals surface area contributed by atoms with E-state index < -0.39 is 0 Å². The van der Waals surface area contributed by atoms with Crippen LogP contribution in [-0.2, 0) is 0 Å². The predicted octanol–water partition coefficient (Wildman–Crippen LogP) is 4.06. The van der Waals surface area contributed by atoms with Crippen molar-refractivity contribution in [1.29, 1.82) is 0 Å². The van der Waals surface area contributed by atoms with Gasteiger partial charge in [-0.15, -0.1) is 11.3 Å². The number of benzene rings is 1. The minimum atomic E-state index is 0.833. The molecule has 0 aliphatic heterocycles. The molecule has 0 amide bonds. The van der Waals surface area contributed by atoms with Crippen LogP contribution in [0, 0.1) is 0 Å². The van der Waals surface area contributed by atoms with Gasteiger partial charge in [0.25, 0.3) is 0 Å². The summed E-state index contributed by atoms with van der Waals surface area (Å²) < 4.78 is 6.29. The van der Waals surface area contributed by atoms with E-state index in [2.05, 4.69) is 25.9 Å². The molecule has 0 fully saturated rings. The van der Waals surface area contributed by atoms with Crippen LogP contribution in [0.4, 0.5) is 0 Å². The number of hydrogen-bond donors (Lipinski definition) is 1. The number of imidazole rings is 1. The van der Waals surface area contributed by atoms with Crippen molar-refractivity contribution in [2.24, 2.45) is 0 Å². The van der Waals surface area contributed by atoms with Gasteiger partial charge in [0.2, 0.25) is 0 Å². The van der Waals surface area contributed by atoms with Crippen molar-refractivity contribution in [2.45, 2.75) is 0 Å². The lowest BCUT2D eigenvalue weighted by Crippen LogP contribution is -1.81. The number of aromatic amines is 1. The number of aromatic nitrogens is 2. The molecule has 0 saturated carbocycles. The first-order valence-corrected chi connectivity index (χ1v) is 6.67. The van der Waals surface area contributed by atoms with Gasteiger partial charge in [-0.25, -0.2) is 4.98 Å². The molecule has 0 atom stereocenters. The number of halogens is 1. The molecule has 0 bridgehead atoms. The van der Waals surface area contributed by atoms with Crippen LogP contribution in [0.5, 0.6) is 5.75 Å². The van der Waals surface area contributed by atoms with Crippen LogP contribution in [0.1, 0.15) is 0 Å². The van der Waals surface area contributed by atoms with Crippen molar-refractivity contribution in [3.8, 4) is 16.5 Å². The molecule has 2 heterocycles. The van der Waals surface area contributed by atoms with Gasteiger partial charge in [0.1, 0.15) is 11.6 Å². The number of H-pyrrole nitrogens is 1. The second-order valence-corrected chi connectivity index (χ2v) is 6.04. The molecule has 0 unspecified atom stereocenters. The Kier molecular flexibility index (Phi) is 2.64. The lowest BCUT2D eigenvalue weighted by molar-refractivity contribution is 0.415. The van der Waals surface area contributed by atoms with Crippen LogP contribution in [-0.4, -0.2) is 17.1 Å². The fraction of sp³-hybridized carbons (Fsp3) is 0.0833. The summed E-state index contributed by atoms with van der Waals surface area (Å²) in [7, 11) is 1.66. The number of nitrogens with zero attached hydrogens (tertiary/aromatic N) is 1. The Balaban J connectivity index is 2.13. The van der Waals surface area contributed by atoms with E-state index in [1.807, 2.05) is 30.3 Å². The van der Waals surface area contributed by atoms with Crippen LogP contribution in [0.3, 0.4) is 0 Å². The maximum Gasteiger partial charge on any atom is 0.148 e. The number of methoxy groups -OCH3 is 1. The Hall–Kier alpha value is -1.33. The second kappa shape index (κ2) is 4.16. The molecule has 5 heteroatoms. The van der Waals surface area contributed by atoms with Crippen LogP contribution in [0.25, 0.3) is 21.7 Å². The average Bonchev–Trinajstić information content (AvgIpc) is 2.93. The molecule has 1 N–H and O–H groups in total. The molecule has 2 aromatic heterocycles. The Labute approximate surface area is 111 Å². The first-order valence-electron chi connectivity index (χ1n) is 5.06. The largest absolute Gasteiger partial charge is 0.497 e. The summed E-state index contributed by atoms with van der Waals surface area (Å²) in [6.45, 7) is 0. The predicted molar refractivity (Wildman–Crippen MR) is 73.7 cm³/mol. The van der Waals surface area contributed by atoms with Crippen molar-refractivity contribution >= 4 is 38.3 Å². The van der Waals surface area contributed by atoms with Crippen LogP contribution >= 0.6 is 27.3 Å². The molecule has 3 aromatic rings. The van der Waals surface area contributed by atoms with Gasteiger partial charge in [0, 0.05) is 6.07 Å².